The standard InChI is InChI=1S/C51H33N5/c1-3-14-34(15-4-1)45-32-46(35-16-5-2-6-17-35)54-51(53-45)44-28-26-37(33-52-44)36-27-29-50-43(30-36)42-22-9-12-25-49(42)56(50)39-19-13-18-38(31-39)55-47-23-10-7-20-40(47)41-21-8-11-24-48(41)55/h1-33H. The smallest absolute Gasteiger partial charge is 0.179 e. The van der Waals surface area contributed by atoms with Crippen LogP contribution in [0.1, 0.15) is 0 Å². The third-order valence-electron chi connectivity index (χ3n) is 10.8. The van der Waals surface area contributed by atoms with Crippen LogP contribution in [0.15, 0.2) is 200 Å². The van der Waals surface area contributed by atoms with Crippen LogP contribution in [0.2, 0.25) is 0 Å². The Morgan fingerprint density at radius 2 is 0.786 bits per heavy atom. The maximum atomic E-state index is 4.98. The van der Waals surface area contributed by atoms with Gasteiger partial charge in [0.05, 0.1) is 33.5 Å². The van der Waals surface area contributed by atoms with E-state index in [1.54, 1.807) is 0 Å². The molecular formula is C51H33N5. The van der Waals surface area contributed by atoms with Crippen molar-refractivity contribution in [2.45, 2.75) is 0 Å². The molecule has 11 rings (SSSR count). The van der Waals surface area contributed by atoms with E-state index in [9.17, 15) is 0 Å². The second-order valence-electron chi connectivity index (χ2n) is 14.1. The highest BCUT2D eigenvalue weighted by Crippen LogP contribution is 2.37. The van der Waals surface area contributed by atoms with Crippen molar-refractivity contribution in [2.24, 2.45) is 0 Å². The van der Waals surface area contributed by atoms with Crippen LogP contribution in [-0.2, 0) is 0 Å². The molecule has 0 radical (unpaired) electrons. The zero-order valence-corrected chi connectivity index (χ0v) is 30.3. The summed E-state index contributed by atoms with van der Waals surface area (Å²) in [6.45, 7) is 0. The molecule has 0 spiro atoms. The lowest BCUT2D eigenvalue weighted by atomic mass is 10.0. The quantitative estimate of drug-likeness (QED) is 0.172. The van der Waals surface area contributed by atoms with Crippen LogP contribution < -0.4 is 0 Å². The number of fused-ring (bicyclic) bond motifs is 6. The van der Waals surface area contributed by atoms with Crippen LogP contribution in [0, 0.1) is 0 Å². The minimum atomic E-state index is 0.596. The van der Waals surface area contributed by atoms with E-state index in [1.165, 1.54) is 32.6 Å². The monoisotopic (exact) mass is 715 g/mol. The zero-order valence-electron chi connectivity index (χ0n) is 30.3. The Labute approximate surface area is 323 Å². The maximum absolute atomic E-state index is 4.98. The Morgan fingerprint density at radius 3 is 1.32 bits per heavy atom. The number of pyridine rings is 1. The number of nitrogens with zero attached hydrogens (tertiary/aromatic N) is 5. The summed E-state index contributed by atoms with van der Waals surface area (Å²) in [7, 11) is 0. The van der Waals surface area contributed by atoms with Gasteiger partial charge in [0.15, 0.2) is 5.82 Å². The molecule has 7 aromatic carbocycles. The first-order valence-corrected chi connectivity index (χ1v) is 18.9. The number of rotatable bonds is 6. The van der Waals surface area contributed by atoms with Gasteiger partial charge in [-0.1, -0.05) is 133 Å². The molecule has 0 saturated heterocycles. The maximum Gasteiger partial charge on any atom is 0.179 e. The van der Waals surface area contributed by atoms with Crippen molar-refractivity contribution in [3.63, 3.8) is 0 Å². The lowest BCUT2D eigenvalue weighted by molar-refractivity contribution is 1.13. The highest BCUT2D eigenvalue weighted by atomic mass is 15.0. The minimum absolute atomic E-state index is 0.596. The first-order chi connectivity index (χ1) is 27.8. The number of para-hydroxylation sites is 3. The fourth-order valence-corrected chi connectivity index (χ4v) is 8.17. The third kappa shape index (κ3) is 5.29. The van der Waals surface area contributed by atoms with E-state index in [2.05, 4.69) is 161 Å². The Kier molecular flexibility index (Phi) is 7.42. The van der Waals surface area contributed by atoms with Crippen LogP contribution in [0.3, 0.4) is 0 Å². The average Bonchev–Trinajstić information content (AvgIpc) is 3.80. The predicted molar refractivity (Wildman–Crippen MR) is 230 cm³/mol. The van der Waals surface area contributed by atoms with Gasteiger partial charge in [-0.2, -0.15) is 0 Å². The van der Waals surface area contributed by atoms with Crippen LogP contribution >= 0.6 is 0 Å². The summed E-state index contributed by atoms with van der Waals surface area (Å²) >= 11 is 0. The lowest BCUT2D eigenvalue weighted by Crippen LogP contribution is -1.98. The molecule has 0 saturated carbocycles. The largest absolute Gasteiger partial charge is 0.309 e. The second-order valence-corrected chi connectivity index (χ2v) is 14.1. The molecule has 0 fully saturated rings. The highest BCUT2D eigenvalue weighted by Gasteiger charge is 2.17. The number of aromatic nitrogens is 5. The fraction of sp³-hybridized carbons (Fsp3) is 0. The van der Waals surface area contributed by atoms with Crippen LogP contribution in [0.5, 0.6) is 0 Å². The molecule has 0 amide bonds. The Balaban J connectivity index is 0.996. The number of hydrogen-bond acceptors (Lipinski definition) is 3. The summed E-state index contributed by atoms with van der Waals surface area (Å²) in [5.41, 5.74) is 13.6. The Hall–Kier alpha value is -7.63. The molecule has 4 aromatic heterocycles. The molecule has 262 valence electrons. The third-order valence-corrected chi connectivity index (χ3v) is 10.8. The van der Waals surface area contributed by atoms with Crippen molar-refractivity contribution in [1.29, 1.82) is 0 Å². The molecule has 0 aliphatic rings. The van der Waals surface area contributed by atoms with Crippen LogP contribution in [0.4, 0.5) is 0 Å². The van der Waals surface area contributed by atoms with Crippen molar-refractivity contribution in [3.8, 4) is 56.5 Å². The van der Waals surface area contributed by atoms with Gasteiger partial charge in [-0.15, -0.1) is 0 Å². The summed E-state index contributed by atoms with van der Waals surface area (Å²) in [5.74, 6) is 0.596. The van der Waals surface area contributed by atoms with E-state index in [-0.39, 0.29) is 0 Å². The van der Waals surface area contributed by atoms with Gasteiger partial charge in [0.25, 0.3) is 0 Å². The van der Waals surface area contributed by atoms with Crippen molar-refractivity contribution in [1.82, 2.24) is 24.1 Å². The molecule has 5 heteroatoms. The van der Waals surface area contributed by atoms with Gasteiger partial charge in [-0.3, -0.25) is 4.98 Å². The molecule has 5 nitrogen and oxygen atoms in total. The predicted octanol–water partition coefficient (Wildman–Crippen LogP) is 12.7. The summed E-state index contributed by atoms with van der Waals surface area (Å²) in [6, 6.07) is 68.3. The zero-order chi connectivity index (χ0) is 37.0. The van der Waals surface area contributed by atoms with Gasteiger partial charge in [-0.25, -0.2) is 9.97 Å². The Bertz CT molecular complexity index is 3120. The molecule has 0 unspecified atom stereocenters. The van der Waals surface area contributed by atoms with E-state index in [0.29, 0.717) is 5.82 Å². The van der Waals surface area contributed by atoms with E-state index < -0.39 is 0 Å². The molecule has 56 heavy (non-hydrogen) atoms. The molecule has 0 bridgehead atoms. The SMILES string of the molecule is c1ccc(-c2cc(-c3ccccc3)nc(-c3ccc(-c4ccc5c(c4)c4ccccc4n5-c4cccc(-n5c6ccccc6c6ccccc65)c4)cn3)n2)cc1. The molecule has 11 aromatic rings. The van der Waals surface area contributed by atoms with Crippen molar-refractivity contribution in [2.75, 3.05) is 0 Å². The summed E-state index contributed by atoms with van der Waals surface area (Å²) in [5, 5.41) is 4.91. The van der Waals surface area contributed by atoms with Crippen molar-refractivity contribution < 1.29 is 0 Å². The summed E-state index contributed by atoms with van der Waals surface area (Å²) in [6.07, 6.45) is 1.94. The molecule has 0 N–H and O–H groups in total. The van der Waals surface area contributed by atoms with Gasteiger partial charge >= 0.3 is 0 Å². The highest BCUT2D eigenvalue weighted by molar-refractivity contribution is 6.11. The topological polar surface area (TPSA) is 48.5 Å². The Morgan fingerprint density at radius 1 is 0.304 bits per heavy atom. The molecule has 0 aliphatic carbocycles. The van der Waals surface area contributed by atoms with E-state index in [0.717, 1.165) is 61.7 Å². The van der Waals surface area contributed by atoms with Gasteiger partial charge in [0.2, 0.25) is 0 Å². The molecular weight excluding hydrogens is 683 g/mol. The lowest BCUT2D eigenvalue weighted by Gasteiger charge is -2.13. The normalized spacial score (nSPS) is 11.6. The fourth-order valence-electron chi connectivity index (χ4n) is 8.17. The van der Waals surface area contributed by atoms with Crippen molar-refractivity contribution >= 4 is 43.6 Å². The van der Waals surface area contributed by atoms with Crippen LogP contribution in [-0.4, -0.2) is 24.1 Å². The minimum Gasteiger partial charge on any atom is -0.309 e. The van der Waals surface area contributed by atoms with E-state index in [1.807, 2.05) is 48.7 Å². The summed E-state index contributed by atoms with van der Waals surface area (Å²) < 4.78 is 4.76. The van der Waals surface area contributed by atoms with E-state index in [4.69, 9.17) is 15.0 Å². The molecule has 0 aliphatic heterocycles. The van der Waals surface area contributed by atoms with Crippen LogP contribution in [0.25, 0.3) is 100 Å². The number of benzene rings is 7. The van der Waals surface area contributed by atoms with Crippen molar-refractivity contribution in [3.05, 3.63) is 200 Å². The molecule has 4 heterocycles. The van der Waals surface area contributed by atoms with Gasteiger partial charge in [0.1, 0.15) is 5.69 Å². The van der Waals surface area contributed by atoms with Gasteiger partial charge in [-0.05, 0) is 66.2 Å². The summed E-state index contributed by atoms with van der Waals surface area (Å²) in [4.78, 5) is 14.9. The average molecular weight is 716 g/mol. The van der Waals surface area contributed by atoms with E-state index >= 15 is 0 Å². The molecule has 0 atom stereocenters. The van der Waals surface area contributed by atoms with Gasteiger partial charge in [0, 0.05) is 55.8 Å². The first-order valence-electron chi connectivity index (χ1n) is 18.9. The number of hydrogen-bond donors (Lipinski definition) is 0. The first kappa shape index (κ1) is 31.9. The second kappa shape index (κ2) is 13.0. The van der Waals surface area contributed by atoms with Gasteiger partial charge < -0.3 is 9.13 Å².